The molecule has 0 saturated carbocycles. The SMILES string of the molecule is CC(C)C(Br)CNC(=O)Cc1ccc(Cl)cc1. The summed E-state index contributed by atoms with van der Waals surface area (Å²) >= 11 is 9.31. The monoisotopic (exact) mass is 317 g/mol. The average Bonchev–Trinajstić information content (AvgIpc) is 2.29. The lowest BCUT2D eigenvalue weighted by Crippen LogP contribution is -2.32. The fraction of sp³-hybridized carbons (Fsp3) is 0.462. The molecule has 0 heterocycles. The third-order valence-electron chi connectivity index (χ3n) is 2.50. The normalized spacial score (nSPS) is 12.5. The maximum absolute atomic E-state index is 11.7. The van der Waals surface area contributed by atoms with Gasteiger partial charge in [0.1, 0.15) is 0 Å². The van der Waals surface area contributed by atoms with E-state index in [2.05, 4.69) is 35.1 Å². The van der Waals surface area contributed by atoms with Crippen molar-refractivity contribution in [3.05, 3.63) is 34.9 Å². The van der Waals surface area contributed by atoms with Crippen LogP contribution in [0.25, 0.3) is 0 Å². The predicted octanol–water partition coefficient (Wildman–Crippen LogP) is 3.42. The number of amides is 1. The van der Waals surface area contributed by atoms with Gasteiger partial charge in [0.2, 0.25) is 5.91 Å². The molecular formula is C13H17BrClNO. The number of halogens is 2. The van der Waals surface area contributed by atoms with Gasteiger partial charge < -0.3 is 5.32 Å². The fourth-order valence-electron chi connectivity index (χ4n) is 1.30. The van der Waals surface area contributed by atoms with Crippen LogP contribution in [-0.4, -0.2) is 17.3 Å². The van der Waals surface area contributed by atoms with E-state index in [0.29, 0.717) is 28.7 Å². The number of benzene rings is 1. The summed E-state index contributed by atoms with van der Waals surface area (Å²) in [6.07, 6.45) is 0.398. The molecule has 2 nitrogen and oxygen atoms in total. The van der Waals surface area contributed by atoms with Crippen molar-refractivity contribution in [1.82, 2.24) is 5.32 Å². The van der Waals surface area contributed by atoms with Crippen LogP contribution in [0.3, 0.4) is 0 Å². The minimum atomic E-state index is 0.0393. The molecule has 1 atom stereocenters. The first-order valence-electron chi connectivity index (χ1n) is 5.64. The summed E-state index contributed by atoms with van der Waals surface area (Å²) in [5, 5.41) is 3.60. The molecule has 0 saturated heterocycles. The molecule has 1 aromatic rings. The van der Waals surface area contributed by atoms with Crippen LogP contribution in [0, 0.1) is 5.92 Å². The second-order valence-corrected chi connectivity index (χ2v) is 5.98. The van der Waals surface area contributed by atoms with Crippen molar-refractivity contribution in [3.63, 3.8) is 0 Å². The Balaban J connectivity index is 2.37. The Kier molecular flexibility index (Phi) is 6.00. The number of carbonyl (C=O) groups is 1. The van der Waals surface area contributed by atoms with Gasteiger partial charge in [-0.2, -0.15) is 0 Å². The molecule has 94 valence electrons. The molecule has 17 heavy (non-hydrogen) atoms. The van der Waals surface area contributed by atoms with E-state index in [1.807, 2.05) is 12.1 Å². The van der Waals surface area contributed by atoms with E-state index in [1.165, 1.54) is 0 Å². The molecule has 1 rings (SSSR count). The Hall–Kier alpha value is -0.540. The maximum atomic E-state index is 11.7. The van der Waals surface area contributed by atoms with Gasteiger partial charge in [-0.25, -0.2) is 0 Å². The number of hydrogen-bond acceptors (Lipinski definition) is 1. The number of nitrogens with one attached hydrogen (secondary N) is 1. The van der Waals surface area contributed by atoms with E-state index < -0.39 is 0 Å². The molecule has 0 fully saturated rings. The molecule has 1 amide bonds. The van der Waals surface area contributed by atoms with Crippen LogP contribution in [-0.2, 0) is 11.2 Å². The van der Waals surface area contributed by atoms with Crippen LogP contribution in [0.15, 0.2) is 24.3 Å². The lowest BCUT2D eigenvalue weighted by molar-refractivity contribution is -0.120. The van der Waals surface area contributed by atoms with Gasteiger partial charge in [-0.05, 0) is 23.6 Å². The van der Waals surface area contributed by atoms with Gasteiger partial charge in [-0.3, -0.25) is 4.79 Å². The number of rotatable bonds is 5. The summed E-state index contributed by atoms with van der Waals surface area (Å²) < 4.78 is 0. The zero-order valence-electron chi connectivity index (χ0n) is 10.0. The topological polar surface area (TPSA) is 29.1 Å². The summed E-state index contributed by atoms with van der Waals surface area (Å²) in [7, 11) is 0. The first-order chi connectivity index (χ1) is 7.99. The fourth-order valence-corrected chi connectivity index (χ4v) is 1.59. The average molecular weight is 319 g/mol. The zero-order chi connectivity index (χ0) is 12.8. The van der Waals surface area contributed by atoms with Gasteiger partial charge in [0.15, 0.2) is 0 Å². The number of hydrogen-bond donors (Lipinski definition) is 1. The van der Waals surface area contributed by atoms with Crippen molar-refractivity contribution in [1.29, 1.82) is 0 Å². The molecule has 1 unspecified atom stereocenters. The molecule has 4 heteroatoms. The van der Waals surface area contributed by atoms with Crippen molar-refractivity contribution in [2.24, 2.45) is 5.92 Å². The van der Waals surface area contributed by atoms with E-state index in [1.54, 1.807) is 12.1 Å². The predicted molar refractivity (Wildman–Crippen MR) is 75.7 cm³/mol. The van der Waals surface area contributed by atoms with E-state index in [4.69, 9.17) is 11.6 Å². The second kappa shape index (κ2) is 7.02. The molecule has 0 aliphatic heterocycles. The van der Waals surface area contributed by atoms with Crippen LogP contribution in [0.1, 0.15) is 19.4 Å². The molecule has 0 radical (unpaired) electrons. The highest BCUT2D eigenvalue weighted by molar-refractivity contribution is 9.09. The van der Waals surface area contributed by atoms with Gasteiger partial charge >= 0.3 is 0 Å². The Morgan fingerprint density at radius 1 is 1.35 bits per heavy atom. The third kappa shape index (κ3) is 5.55. The van der Waals surface area contributed by atoms with Crippen molar-refractivity contribution in [3.8, 4) is 0 Å². The van der Waals surface area contributed by atoms with Gasteiger partial charge in [-0.15, -0.1) is 0 Å². The van der Waals surface area contributed by atoms with Gasteiger partial charge in [-0.1, -0.05) is 53.5 Å². The molecular weight excluding hydrogens is 302 g/mol. The first-order valence-corrected chi connectivity index (χ1v) is 6.93. The second-order valence-electron chi connectivity index (χ2n) is 4.37. The van der Waals surface area contributed by atoms with Crippen molar-refractivity contribution < 1.29 is 4.79 Å². The van der Waals surface area contributed by atoms with Crippen LogP contribution in [0.2, 0.25) is 5.02 Å². The standard InChI is InChI=1S/C13H17BrClNO/c1-9(2)12(14)8-16-13(17)7-10-3-5-11(15)6-4-10/h3-6,9,12H,7-8H2,1-2H3,(H,16,17). The zero-order valence-corrected chi connectivity index (χ0v) is 12.4. The van der Waals surface area contributed by atoms with Crippen molar-refractivity contribution in [2.45, 2.75) is 25.1 Å². The maximum Gasteiger partial charge on any atom is 0.224 e. The van der Waals surface area contributed by atoms with Crippen molar-refractivity contribution in [2.75, 3.05) is 6.54 Å². The molecule has 0 aliphatic carbocycles. The van der Waals surface area contributed by atoms with Gasteiger partial charge in [0, 0.05) is 16.4 Å². The highest BCUT2D eigenvalue weighted by Crippen LogP contribution is 2.11. The Morgan fingerprint density at radius 3 is 2.47 bits per heavy atom. The lowest BCUT2D eigenvalue weighted by atomic mass is 10.1. The summed E-state index contributed by atoms with van der Waals surface area (Å²) in [6.45, 7) is 4.89. The minimum absolute atomic E-state index is 0.0393. The highest BCUT2D eigenvalue weighted by Gasteiger charge is 2.10. The van der Waals surface area contributed by atoms with Gasteiger partial charge in [0.25, 0.3) is 0 Å². The summed E-state index contributed by atoms with van der Waals surface area (Å²) in [5.41, 5.74) is 0.975. The van der Waals surface area contributed by atoms with Crippen LogP contribution in [0.5, 0.6) is 0 Å². The summed E-state index contributed by atoms with van der Waals surface area (Å²) in [6, 6.07) is 7.34. The van der Waals surface area contributed by atoms with Crippen LogP contribution < -0.4 is 5.32 Å². The Bertz CT molecular complexity index is 364. The minimum Gasteiger partial charge on any atom is -0.355 e. The molecule has 0 bridgehead atoms. The largest absolute Gasteiger partial charge is 0.355 e. The van der Waals surface area contributed by atoms with E-state index in [-0.39, 0.29) is 5.91 Å². The number of alkyl halides is 1. The molecule has 1 aromatic carbocycles. The van der Waals surface area contributed by atoms with Crippen LogP contribution in [0.4, 0.5) is 0 Å². The molecule has 0 spiro atoms. The number of carbonyl (C=O) groups excluding carboxylic acids is 1. The third-order valence-corrected chi connectivity index (χ3v) is 4.13. The van der Waals surface area contributed by atoms with Crippen molar-refractivity contribution >= 4 is 33.4 Å². The Morgan fingerprint density at radius 2 is 1.94 bits per heavy atom. The smallest absolute Gasteiger partial charge is 0.224 e. The molecule has 0 aliphatic rings. The molecule has 1 N–H and O–H groups in total. The highest BCUT2D eigenvalue weighted by atomic mass is 79.9. The van der Waals surface area contributed by atoms with E-state index in [0.717, 1.165) is 5.56 Å². The van der Waals surface area contributed by atoms with E-state index >= 15 is 0 Å². The van der Waals surface area contributed by atoms with Crippen LogP contribution >= 0.6 is 27.5 Å². The molecule has 0 aromatic heterocycles. The summed E-state index contributed by atoms with van der Waals surface area (Å²) in [5.74, 6) is 0.545. The first kappa shape index (κ1) is 14.5. The quantitative estimate of drug-likeness (QED) is 0.828. The summed E-state index contributed by atoms with van der Waals surface area (Å²) in [4.78, 5) is 12.0. The lowest BCUT2D eigenvalue weighted by Gasteiger charge is -2.14. The van der Waals surface area contributed by atoms with E-state index in [9.17, 15) is 4.79 Å². The van der Waals surface area contributed by atoms with Gasteiger partial charge in [0.05, 0.1) is 6.42 Å². The Labute approximate surface area is 116 Å².